The summed E-state index contributed by atoms with van der Waals surface area (Å²) in [5.41, 5.74) is 4.14. The molecule has 0 unspecified atom stereocenters. The van der Waals surface area contributed by atoms with Crippen LogP contribution in [0.25, 0.3) is 0 Å². The van der Waals surface area contributed by atoms with E-state index in [1.54, 1.807) is 19.1 Å². The standard InChI is InChI=1S/C31H39N3O5S/c1-23-16-17-24(2)28(19-23)34(40(5,37)38)18-10-15-30(35)33(22-26-13-9-14-27(20-26)39-4)29(31(36)32-3)21-25-11-7-6-8-12-25/h6-9,11-14,16-17,19-20,29H,10,15,18,21-22H2,1-5H3,(H,32,36)/t29-/m0/s1. The third-order valence-corrected chi connectivity index (χ3v) is 7.97. The molecule has 0 bridgehead atoms. The maximum Gasteiger partial charge on any atom is 0.242 e. The second kappa shape index (κ2) is 14.0. The van der Waals surface area contributed by atoms with E-state index in [0.29, 0.717) is 24.3 Å². The average molecular weight is 566 g/mol. The van der Waals surface area contributed by atoms with Crippen LogP contribution in [0.15, 0.2) is 72.8 Å². The predicted molar refractivity (Wildman–Crippen MR) is 159 cm³/mol. The van der Waals surface area contributed by atoms with E-state index in [0.717, 1.165) is 22.3 Å². The number of methoxy groups -OCH3 is 1. The Morgan fingerprint density at radius 1 is 0.950 bits per heavy atom. The maximum absolute atomic E-state index is 13.8. The number of benzene rings is 3. The smallest absolute Gasteiger partial charge is 0.242 e. The Morgan fingerprint density at radius 3 is 2.30 bits per heavy atom. The molecule has 0 saturated heterocycles. The predicted octanol–water partition coefficient (Wildman–Crippen LogP) is 4.24. The Labute approximate surface area is 238 Å². The van der Waals surface area contributed by atoms with Gasteiger partial charge in [-0.15, -0.1) is 0 Å². The second-order valence-electron chi connectivity index (χ2n) is 9.92. The van der Waals surface area contributed by atoms with Gasteiger partial charge in [0.1, 0.15) is 11.8 Å². The number of likely N-dealkylation sites (N-methyl/N-ethyl adjacent to an activating group) is 1. The van der Waals surface area contributed by atoms with E-state index in [9.17, 15) is 18.0 Å². The van der Waals surface area contributed by atoms with Gasteiger partial charge in [0.15, 0.2) is 0 Å². The zero-order valence-corrected chi connectivity index (χ0v) is 24.7. The highest BCUT2D eigenvalue weighted by Crippen LogP contribution is 2.25. The molecule has 1 N–H and O–H groups in total. The molecule has 214 valence electrons. The number of anilines is 1. The van der Waals surface area contributed by atoms with Gasteiger partial charge in [0, 0.05) is 33.0 Å². The van der Waals surface area contributed by atoms with Crippen LogP contribution in [-0.2, 0) is 32.6 Å². The lowest BCUT2D eigenvalue weighted by Crippen LogP contribution is -2.49. The Balaban J connectivity index is 1.88. The lowest BCUT2D eigenvalue weighted by molar-refractivity contribution is -0.141. The Morgan fingerprint density at radius 2 is 1.65 bits per heavy atom. The minimum absolute atomic E-state index is 0.0726. The van der Waals surface area contributed by atoms with Gasteiger partial charge in [-0.25, -0.2) is 8.42 Å². The second-order valence-corrected chi connectivity index (χ2v) is 11.8. The Bertz CT molecular complexity index is 1410. The number of rotatable bonds is 13. The minimum atomic E-state index is -3.58. The Kier molecular flexibility index (Phi) is 10.7. The summed E-state index contributed by atoms with van der Waals surface area (Å²) in [4.78, 5) is 28.5. The number of nitrogens with zero attached hydrogens (tertiary/aromatic N) is 2. The number of carbonyl (C=O) groups is 2. The number of hydrogen-bond donors (Lipinski definition) is 1. The summed E-state index contributed by atoms with van der Waals surface area (Å²) < 4.78 is 32.1. The fourth-order valence-electron chi connectivity index (χ4n) is 4.66. The summed E-state index contributed by atoms with van der Waals surface area (Å²) >= 11 is 0. The van der Waals surface area contributed by atoms with Crippen molar-refractivity contribution in [2.24, 2.45) is 0 Å². The normalized spacial score (nSPS) is 11.9. The highest BCUT2D eigenvalue weighted by atomic mass is 32.2. The summed E-state index contributed by atoms with van der Waals surface area (Å²) in [5, 5.41) is 2.71. The summed E-state index contributed by atoms with van der Waals surface area (Å²) in [6.45, 7) is 4.12. The van der Waals surface area contributed by atoms with Crippen molar-refractivity contribution >= 4 is 27.5 Å². The summed E-state index contributed by atoms with van der Waals surface area (Å²) in [7, 11) is -0.440. The number of nitrogens with one attached hydrogen (secondary N) is 1. The van der Waals surface area contributed by atoms with Gasteiger partial charge in [-0.1, -0.05) is 54.6 Å². The largest absolute Gasteiger partial charge is 0.497 e. The summed E-state index contributed by atoms with van der Waals surface area (Å²) in [5.74, 6) is 0.150. The van der Waals surface area contributed by atoms with Crippen molar-refractivity contribution in [1.82, 2.24) is 10.2 Å². The van der Waals surface area contributed by atoms with Crippen LogP contribution in [0.1, 0.15) is 35.1 Å². The van der Waals surface area contributed by atoms with Crippen LogP contribution in [0, 0.1) is 13.8 Å². The molecular weight excluding hydrogens is 526 g/mol. The van der Waals surface area contributed by atoms with Crippen LogP contribution < -0.4 is 14.4 Å². The maximum atomic E-state index is 13.8. The molecule has 0 aliphatic rings. The van der Waals surface area contributed by atoms with Crippen LogP contribution in [0.4, 0.5) is 5.69 Å². The molecule has 1 atom stereocenters. The van der Waals surface area contributed by atoms with E-state index in [2.05, 4.69) is 5.32 Å². The van der Waals surface area contributed by atoms with E-state index in [1.165, 1.54) is 10.6 Å². The number of carbonyl (C=O) groups excluding carboxylic acids is 2. The molecule has 9 heteroatoms. The molecule has 2 amide bonds. The van der Waals surface area contributed by atoms with Crippen LogP contribution >= 0.6 is 0 Å². The van der Waals surface area contributed by atoms with E-state index in [-0.39, 0.29) is 31.3 Å². The van der Waals surface area contributed by atoms with Crippen molar-refractivity contribution in [3.8, 4) is 5.75 Å². The lowest BCUT2D eigenvalue weighted by atomic mass is 10.0. The topological polar surface area (TPSA) is 96.0 Å². The number of sulfonamides is 1. The van der Waals surface area contributed by atoms with Crippen molar-refractivity contribution in [3.05, 3.63) is 95.1 Å². The molecule has 0 aliphatic heterocycles. The molecule has 3 rings (SSSR count). The van der Waals surface area contributed by atoms with Crippen LogP contribution in [0.2, 0.25) is 0 Å². The minimum Gasteiger partial charge on any atom is -0.497 e. The molecule has 3 aromatic carbocycles. The van der Waals surface area contributed by atoms with E-state index in [1.807, 2.05) is 86.6 Å². The van der Waals surface area contributed by atoms with Crippen LogP contribution in [0.3, 0.4) is 0 Å². The molecule has 0 aliphatic carbocycles. The third kappa shape index (κ3) is 8.32. The van der Waals surface area contributed by atoms with Gasteiger partial charge in [-0.2, -0.15) is 0 Å². The first-order valence-corrected chi connectivity index (χ1v) is 15.1. The van der Waals surface area contributed by atoms with Crippen molar-refractivity contribution in [1.29, 1.82) is 0 Å². The van der Waals surface area contributed by atoms with Gasteiger partial charge in [0.2, 0.25) is 21.8 Å². The highest BCUT2D eigenvalue weighted by molar-refractivity contribution is 7.92. The first kappa shape index (κ1) is 30.7. The van der Waals surface area contributed by atoms with Crippen molar-refractivity contribution in [3.63, 3.8) is 0 Å². The molecule has 0 spiro atoms. The number of ether oxygens (including phenoxy) is 1. The molecule has 0 heterocycles. The van der Waals surface area contributed by atoms with Gasteiger partial charge >= 0.3 is 0 Å². The molecule has 8 nitrogen and oxygen atoms in total. The molecule has 0 aromatic heterocycles. The van der Waals surface area contributed by atoms with Gasteiger partial charge in [0.25, 0.3) is 0 Å². The zero-order chi connectivity index (χ0) is 29.3. The number of amides is 2. The SMILES string of the molecule is CNC(=O)[C@H](Cc1ccccc1)N(Cc1cccc(OC)c1)C(=O)CCCN(c1cc(C)ccc1C)S(C)(=O)=O. The van der Waals surface area contributed by atoms with Crippen molar-refractivity contribution in [2.75, 3.05) is 31.3 Å². The molecule has 0 fully saturated rings. The Hall–Kier alpha value is -3.85. The average Bonchev–Trinajstić information content (AvgIpc) is 2.94. The molecule has 3 aromatic rings. The number of aryl methyl sites for hydroxylation is 2. The number of hydrogen-bond acceptors (Lipinski definition) is 5. The molecule has 40 heavy (non-hydrogen) atoms. The van der Waals surface area contributed by atoms with Crippen molar-refractivity contribution in [2.45, 2.75) is 45.7 Å². The van der Waals surface area contributed by atoms with E-state index in [4.69, 9.17) is 4.74 Å². The molecular formula is C31H39N3O5S. The van der Waals surface area contributed by atoms with E-state index < -0.39 is 16.1 Å². The summed E-state index contributed by atoms with van der Waals surface area (Å²) in [6.07, 6.45) is 1.88. The summed E-state index contributed by atoms with van der Waals surface area (Å²) in [6, 6.07) is 21.9. The van der Waals surface area contributed by atoms with Gasteiger partial charge in [-0.05, 0) is 60.7 Å². The van der Waals surface area contributed by atoms with Crippen molar-refractivity contribution < 1.29 is 22.7 Å². The fourth-order valence-corrected chi connectivity index (χ4v) is 5.67. The zero-order valence-electron chi connectivity index (χ0n) is 23.9. The molecule has 0 radical (unpaired) electrons. The fraction of sp³-hybridized carbons (Fsp3) is 0.355. The van der Waals surface area contributed by atoms with Crippen LogP contribution in [0.5, 0.6) is 5.75 Å². The third-order valence-electron chi connectivity index (χ3n) is 6.79. The van der Waals surface area contributed by atoms with Gasteiger partial charge < -0.3 is 15.0 Å². The van der Waals surface area contributed by atoms with Gasteiger partial charge in [0.05, 0.1) is 19.1 Å². The lowest BCUT2D eigenvalue weighted by Gasteiger charge is -2.32. The highest BCUT2D eigenvalue weighted by Gasteiger charge is 2.30. The van der Waals surface area contributed by atoms with Crippen LogP contribution in [-0.4, -0.2) is 58.1 Å². The first-order valence-electron chi connectivity index (χ1n) is 13.3. The van der Waals surface area contributed by atoms with Gasteiger partial charge in [-0.3, -0.25) is 13.9 Å². The van der Waals surface area contributed by atoms with E-state index >= 15 is 0 Å². The molecule has 0 saturated carbocycles. The monoisotopic (exact) mass is 565 g/mol. The first-order chi connectivity index (χ1) is 19.0. The quantitative estimate of drug-likeness (QED) is 0.334.